The van der Waals surface area contributed by atoms with E-state index in [9.17, 15) is 15.1 Å². The summed E-state index contributed by atoms with van der Waals surface area (Å²) >= 11 is 0. The molecule has 0 radical (unpaired) electrons. The number of carbonyl (C=O) groups excluding carboxylic acids is 2. The molecular weight excluding hydrogens is 374 g/mol. The van der Waals surface area contributed by atoms with Gasteiger partial charge in [0.2, 0.25) is 0 Å². The monoisotopic (exact) mass is 413 g/mol. The maximum Gasteiger partial charge on any atom is 0.463 e. The standard InChI is InChI=1S/C19H39N3O3Si2/c1-10-11-12-13-14-15(2)22(17(23)16(21-20)18(24)25-3)19(26(4,5)6)27(7,8)9/h15,19H,10-14H2,1-9H3. The lowest BCUT2D eigenvalue weighted by atomic mass is 10.1. The van der Waals surface area contributed by atoms with Crippen molar-refractivity contribution in [1.82, 2.24) is 4.90 Å². The van der Waals surface area contributed by atoms with Crippen LogP contribution in [0.15, 0.2) is 0 Å². The van der Waals surface area contributed by atoms with Gasteiger partial charge in [-0.15, -0.1) is 0 Å². The number of unbranched alkanes of at least 4 members (excludes halogenated alkanes) is 3. The van der Waals surface area contributed by atoms with Gasteiger partial charge in [0.25, 0.3) is 0 Å². The van der Waals surface area contributed by atoms with Crippen molar-refractivity contribution >= 4 is 33.7 Å². The molecule has 0 aliphatic rings. The van der Waals surface area contributed by atoms with Gasteiger partial charge in [0, 0.05) is 11.3 Å². The molecule has 6 nitrogen and oxygen atoms in total. The van der Waals surface area contributed by atoms with Crippen LogP contribution in [-0.2, 0) is 14.3 Å². The molecule has 0 rings (SSSR count). The highest BCUT2D eigenvalue weighted by Gasteiger charge is 2.49. The lowest BCUT2D eigenvalue weighted by molar-refractivity contribution is -0.143. The second-order valence-corrected chi connectivity index (χ2v) is 20.6. The Kier molecular flexibility index (Phi) is 10.4. The molecule has 8 heteroatoms. The summed E-state index contributed by atoms with van der Waals surface area (Å²) in [7, 11) is -2.39. The first-order valence-corrected chi connectivity index (χ1v) is 17.1. The number of carbonyl (C=O) groups is 2. The maximum absolute atomic E-state index is 13.3. The summed E-state index contributed by atoms with van der Waals surface area (Å²) in [6.45, 7) is 17.8. The van der Waals surface area contributed by atoms with Gasteiger partial charge in [0.05, 0.1) is 23.3 Å². The minimum atomic E-state index is -1.79. The second-order valence-electron chi connectivity index (χ2n) is 9.49. The second kappa shape index (κ2) is 10.9. The lowest BCUT2D eigenvalue weighted by Gasteiger charge is -2.48. The van der Waals surface area contributed by atoms with Crippen molar-refractivity contribution in [3.05, 3.63) is 5.53 Å². The number of esters is 1. The first-order chi connectivity index (χ1) is 12.3. The molecule has 0 heterocycles. The summed E-state index contributed by atoms with van der Waals surface area (Å²) in [6.07, 6.45) is 5.37. The predicted molar refractivity (Wildman–Crippen MR) is 116 cm³/mol. The molecule has 27 heavy (non-hydrogen) atoms. The molecule has 0 saturated heterocycles. The molecule has 1 atom stereocenters. The average molecular weight is 414 g/mol. The van der Waals surface area contributed by atoms with Gasteiger partial charge in [0.15, 0.2) is 0 Å². The van der Waals surface area contributed by atoms with Crippen molar-refractivity contribution in [3.8, 4) is 0 Å². The van der Waals surface area contributed by atoms with Crippen molar-refractivity contribution in [2.75, 3.05) is 7.11 Å². The Morgan fingerprint density at radius 2 is 1.56 bits per heavy atom. The minimum Gasteiger partial charge on any atom is -0.460 e. The quantitative estimate of drug-likeness (QED) is 0.0970. The van der Waals surface area contributed by atoms with Crippen LogP contribution in [0.5, 0.6) is 0 Å². The maximum atomic E-state index is 13.3. The lowest BCUT2D eigenvalue weighted by Crippen LogP contribution is -2.67. The predicted octanol–water partition coefficient (Wildman–Crippen LogP) is 4.14. The van der Waals surface area contributed by atoms with Crippen molar-refractivity contribution in [1.29, 1.82) is 0 Å². The number of ether oxygens (including phenoxy) is 1. The topological polar surface area (TPSA) is 83.0 Å². The number of nitrogens with zero attached hydrogens (tertiary/aromatic N) is 3. The van der Waals surface area contributed by atoms with E-state index in [2.05, 4.69) is 55.7 Å². The van der Waals surface area contributed by atoms with Crippen LogP contribution in [0.25, 0.3) is 5.53 Å². The van der Waals surface area contributed by atoms with E-state index in [1.165, 1.54) is 13.5 Å². The van der Waals surface area contributed by atoms with E-state index in [4.69, 9.17) is 0 Å². The Morgan fingerprint density at radius 3 is 1.93 bits per heavy atom. The molecular formula is C19H39N3O3Si2. The summed E-state index contributed by atoms with van der Waals surface area (Å²) < 4.78 is 4.66. The summed E-state index contributed by atoms with van der Waals surface area (Å²) in [5.41, 5.74) is 8.80. The van der Waals surface area contributed by atoms with E-state index in [1.54, 1.807) is 0 Å². The number of amides is 1. The zero-order valence-electron chi connectivity index (χ0n) is 18.8. The van der Waals surface area contributed by atoms with Gasteiger partial charge in [-0.25, -0.2) is 4.79 Å². The molecule has 0 spiro atoms. The van der Waals surface area contributed by atoms with Crippen molar-refractivity contribution in [2.45, 2.75) is 96.6 Å². The van der Waals surface area contributed by atoms with E-state index < -0.39 is 33.7 Å². The van der Waals surface area contributed by atoms with Crippen LogP contribution >= 0.6 is 0 Å². The zero-order valence-corrected chi connectivity index (χ0v) is 20.8. The summed E-state index contributed by atoms with van der Waals surface area (Å²) in [5, 5.41) is 0.111. The molecule has 1 amide bonds. The Bertz CT molecular complexity index is 548. The highest BCUT2D eigenvalue weighted by Crippen LogP contribution is 2.28. The fourth-order valence-electron chi connectivity index (χ4n) is 4.10. The van der Waals surface area contributed by atoms with E-state index in [-0.39, 0.29) is 11.3 Å². The molecule has 0 fully saturated rings. The third-order valence-electron chi connectivity index (χ3n) is 4.78. The fraction of sp³-hybridized carbons (Fsp3) is 0.842. The first-order valence-electron chi connectivity index (χ1n) is 9.95. The van der Waals surface area contributed by atoms with Crippen LogP contribution in [-0.4, -0.2) is 61.9 Å². The largest absolute Gasteiger partial charge is 0.463 e. The summed E-state index contributed by atoms with van der Waals surface area (Å²) in [6, 6.07) is -0.0285. The van der Waals surface area contributed by atoms with Gasteiger partial charge in [-0.3, -0.25) is 4.79 Å². The molecule has 0 saturated carbocycles. The SMILES string of the molecule is CCCCCCC(C)N(C(=O)C(=[N+]=[N-])C(=O)OC)C([Si](C)(C)C)[Si](C)(C)C. The molecule has 0 aromatic carbocycles. The molecule has 0 aromatic heterocycles. The van der Waals surface area contributed by atoms with Gasteiger partial charge in [-0.1, -0.05) is 71.9 Å². The highest BCUT2D eigenvalue weighted by molar-refractivity contribution is 6.96. The molecule has 0 aliphatic carbocycles. The molecule has 0 N–H and O–H groups in total. The smallest absolute Gasteiger partial charge is 0.460 e. The van der Waals surface area contributed by atoms with Crippen LogP contribution < -0.4 is 0 Å². The van der Waals surface area contributed by atoms with Crippen molar-refractivity contribution in [3.63, 3.8) is 0 Å². The van der Waals surface area contributed by atoms with Gasteiger partial charge >= 0.3 is 17.6 Å². The Morgan fingerprint density at radius 1 is 1.04 bits per heavy atom. The van der Waals surface area contributed by atoms with Crippen LogP contribution in [0.1, 0.15) is 46.0 Å². The van der Waals surface area contributed by atoms with E-state index in [0.29, 0.717) is 0 Å². The number of rotatable bonds is 11. The normalized spacial score (nSPS) is 13.1. The van der Waals surface area contributed by atoms with E-state index in [0.717, 1.165) is 25.7 Å². The summed E-state index contributed by atoms with van der Waals surface area (Å²) in [4.78, 5) is 30.2. The Labute approximate surface area is 167 Å². The molecule has 156 valence electrons. The van der Waals surface area contributed by atoms with Gasteiger partial charge in [-0.05, 0) is 13.3 Å². The van der Waals surface area contributed by atoms with Crippen LogP contribution in [0.4, 0.5) is 0 Å². The summed E-state index contributed by atoms with van der Waals surface area (Å²) in [5.74, 6) is -1.40. The molecule has 0 bridgehead atoms. The minimum absolute atomic E-state index is 0.0285. The van der Waals surface area contributed by atoms with Crippen LogP contribution in [0.3, 0.4) is 0 Å². The van der Waals surface area contributed by atoms with E-state index in [1.807, 2.05) is 11.8 Å². The van der Waals surface area contributed by atoms with E-state index >= 15 is 0 Å². The Balaban J connectivity index is 6.04. The molecule has 0 aliphatic heterocycles. The number of hydrogen-bond acceptors (Lipinski definition) is 3. The number of hydrogen-bond donors (Lipinski definition) is 0. The van der Waals surface area contributed by atoms with Crippen molar-refractivity contribution < 1.29 is 19.1 Å². The van der Waals surface area contributed by atoms with Gasteiger partial charge in [0.1, 0.15) is 0 Å². The average Bonchev–Trinajstić information content (AvgIpc) is 2.54. The Hall–Kier alpha value is -1.25. The number of methoxy groups -OCH3 is 1. The highest BCUT2D eigenvalue weighted by atomic mass is 28.4. The fourth-order valence-corrected chi connectivity index (χ4v) is 16.9. The zero-order chi connectivity index (χ0) is 21.4. The van der Waals surface area contributed by atoms with Crippen LogP contribution in [0, 0.1) is 0 Å². The molecule has 0 aromatic rings. The van der Waals surface area contributed by atoms with Crippen molar-refractivity contribution in [2.24, 2.45) is 0 Å². The van der Waals surface area contributed by atoms with Gasteiger partial charge in [-0.2, -0.15) is 4.79 Å². The third kappa shape index (κ3) is 7.72. The van der Waals surface area contributed by atoms with Crippen LogP contribution in [0.2, 0.25) is 39.3 Å². The third-order valence-corrected chi connectivity index (χ3v) is 13.8. The van der Waals surface area contributed by atoms with Gasteiger partial charge < -0.3 is 15.2 Å². The molecule has 1 unspecified atom stereocenters. The first kappa shape index (κ1) is 25.8.